The van der Waals surface area contributed by atoms with E-state index in [4.69, 9.17) is 15.2 Å². The predicted octanol–water partition coefficient (Wildman–Crippen LogP) is 5.89. The highest BCUT2D eigenvalue weighted by atomic mass is 16.6. The summed E-state index contributed by atoms with van der Waals surface area (Å²) in [5, 5.41) is 7.88. The van der Waals surface area contributed by atoms with Crippen molar-refractivity contribution in [3.63, 3.8) is 0 Å². The Bertz CT molecular complexity index is 1130. The largest absolute Gasteiger partial charge is 0.456 e. The second-order valence-electron chi connectivity index (χ2n) is 11.9. The van der Waals surface area contributed by atoms with E-state index in [0.29, 0.717) is 37.9 Å². The lowest BCUT2D eigenvalue weighted by Gasteiger charge is -2.26. The molecule has 0 radical (unpaired) electrons. The molecule has 0 heterocycles. The van der Waals surface area contributed by atoms with Crippen molar-refractivity contribution in [1.82, 2.24) is 10.6 Å². The molecule has 39 heavy (non-hydrogen) atoms. The molecule has 0 aliphatic carbocycles. The molecule has 0 saturated carbocycles. The summed E-state index contributed by atoms with van der Waals surface area (Å²) in [7, 11) is 0. The SMILES string of the molecule is CCCCNCc1c(C(=O)OC(C)(C)C)c(C(=O)[C@H](CCCCN)NC(=O)OC(C)(C)C)cc2ccccc12. The summed E-state index contributed by atoms with van der Waals surface area (Å²) < 4.78 is 11.3. The third kappa shape index (κ3) is 10.3. The average molecular weight is 542 g/mol. The molecule has 8 nitrogen and oxygen atoms in total. The summed E-state index contributed by atoms with van der Waals surface area (Å²) in [4.78, 5) is 40.6. The van der Waals surface area contributed by atoms with Crippen LogP contribution in [-0.2, 0) is 16.0 Å². The van der Waals surface area contributed by atoms with E-state index in [-0.39, 0.29) is 16.9 Å². The van der Waals surface area contributed by atoms with Gasteiger partial charge in [-0.2, -0.15) is 0 Å². The Morgan fingerprint density at radius 2 is 1.62 bits per heavy atom. The number of nitrogens with two attached hydrogens (primary N) is 1. The minimum Gasteiger partial charge on any atom is -0.456 e. The highest BCUT2D eigenvalue weighted by Gasteiger charge is 2.32. The molecule has 1 atom stereocenters. The van der Waals surface area contributed by atoms with Gasteiger partial charge in [0.1, 0.15) is 11.2 Å². The molecule has 2 aromatic carbocycles. The van der Waals surface area contributed by atoms with Gasteiger partial charge in [0, 0.05) is 12.1 Å². The van der Waals surface area contributed by atoms with Crippen molar-refractivity contribution in [2.24, 2.45) is 5.73 Å². The monoisotopic (exact) mass is 541 g/mol. The average Bonchev–Trinajstić information content (AvgIpc) is 2.82. The van der Waals surface area contributed by atoms with Gasteiger partial charge in [0.2, 0.25) is 0 Å². The van der Waals surface area contributed by atoms with Crippen molar-refractivity contribution in [2.75, 3.05) is 13.1 Å². The van der Waals surface area contributed by atoms with E-state index >= 15 is 0 Å². The van der Waals surface area contributed by atoms with E-state index in [9.17, 15) is 14.4 Å². The molecule has 0 aliphatic heterocycles. The van der Waals surface area contributed by atoms with Crippen LogP contribution in [0.1, 0.15) is 107 Å². The number of nitrogens with one attached hydrogen (secondary N) is 2. The van der Waals surface area contributed by atoms with E-state index in [2.05, 4.69) is 17.6 Å². The number of carbonyl (C=O) groups excluding carboxylic acids is 3. The van der Waals surface area contributed by atoms with E-state index in [0.717, 1.165) is 30.2 Å². The molecule has 0 fully saturated rings. The number of Topliss-reactive ketones (excluding diaryl/α,β-unsaturated/α-hetero) is 1. The molecule has 0 saturated heterocycles. The lowest BCUT2D eigenvalue weighted by atomic mass is 9.88. The van der Waals surface area contributed by atoms with Gasteiger partial charge in [0.05, 0.1) is 11.6 Å². The maximum absolute atomic E-state index is 14.2. The summed E-state index contributed by atoms with van der Waals surface area (Å²) in [5.74, 6) is -0.929. The van der Waals surface area contributed by atoms with Crippen LogP contribution in [0.15, 0.2) is 30.3 Å². The summed E-state index contributed by atoms with van der Waals surface area (Å²) >= 11 is 0. The second-order valence-corrected chi connectivity index (χ2v) is 11.9. The van der Waals surface area contributed by atoms with Gasteiger partial charge in [-0.05, 0) is 103 Å². The number of rotatable bonds is 13. The van der Waals surface area contributed by atoms with Crippen LogP contribution in [0.5, 0.6) is 0 Å². The third-order valence-electron chi connectivity index (χ3n) is 5.99. The first-order valence-corrected chi connectivity index (χ1v) is 14.0. The van der Waals surface area contributed by atoms with Gasteiger partial charge in [-0.1, -0.05) is 37.6 Å². The van der Waals surface area contributed by atoms with Crippen LogP contribution in [0.2, 0.25) is 0 Å². The number of ketones is 1. The molecular formula is C31H47N3O5. The molecule has 0 aromatic heterocycles. The van der Waals surface area contributed by atoms with E-state index < -0.39 is 29.3 Å². The van der Waals surface area contributed by atoms with Crippen LogP contribution in [0, 0.1) is 0 Å². The van der Waals surface area contributed by atoms with Crippen molar-refractivity contribution in [2.45, 2.75) is 104 Å². The Kier molecular flexibility index (Phi) is 11.9. The molecule has 8 heteroatoms. The molecule has 4 N–H and O–H groups in total. The fourth-order valence-electron chi connectivity index (χ4n) is 4.28. The quantitative estimate of drug-likeness (QED) is 0.164. The molecule has 2 rings (SSSR count). The Labute approximate surface area is 233 Å². The van der Waals surface area contributed by atoms with Gasteiger partial charge in [-0.25, -0.2) is 9.59 Å². The van der Waals surface area contributed by atoms with Crippen LogP contribution < -0.4 is 16.4 Å². The van der Waals surface area contributed by atoms with Gasteiger partial charge in [0.15, 0.2) is 5.78 Å². The summed E-state index contributed by atoms with van der Waals surface area (Å²) in [6.07, 6.45) is 3.02. The molecular weight excluding hydrogens is 494 g/mol. The van der Waals surface area contributed by atoms with Crippen LogP contribution in [0.4, 0.5) is 4.79 Å². The van der Waals surface area contributed by atoms with Gasteiger partial charge in [-0.3, -0.25) is 4.79 Å². The van der Waals surface area contributed by atoms with Crippen molar-refractivity contribution in [1.29, 1.82) is 0 Å². The Balaban J connectivity index is 2.67. The zero-order valence-corrected chi connectivity index (χ0v) is 24.7. The number of hydrogen-bond acceptors (Lipinski definition) is 7. The number of hydrogen-bond donors (Lipinski definition) is 3. The number of ether oxygens (including phenoxy) is 2. The van der Waals surface area contributed by atoms with Crippen LogP contribution in [0.25, 0.3) is 10.8 Å². The Morgan fingerprint density at radius 1 is 0.949 bits per heavy atom. The van der Waals surface area contributed by atoms with E-state index in [1.165, 1.54) is 0 Å². The molecule has 216 valence electrons. The zero-order valence-electron chi connectivity index (χ0n) is 24.7. The van der Waals surface area contributed by atoms with Crippen molar-refractivity contribution >= 4 is 28.6 Å². The minimum atomic E-state index is -0.894. The first kappa shape index (κ1) is 32.2. The summed E-state index contributed by atoms with van der Waals surface area (Å²) in [6.45, 7) is 14.4. The fraction of sp³-hybridized carbons (Fsp3) is 0.581. The topological polar surface area (TPSA) is 120 Å². The number of alkyl carbamates (subject to hydrolysis) is 1. The van der Waals surface area contributed by atoms with Crippen molar-refractivity contribution < 1.29 is 23.9 Å². The maximum Gasteiger partial charge on any atom is 0.408 e. The second kappa shape index (κ2) is 14.4. The summed E-state index contributed by atoms with van der Waals surface area (Å²) in [5.41, 5.74) is 5.37. The van der Waals surface area contributed by atoms with Gasteiger partial charge < -0.3 is 25.8 Å². The molecule has 1 amide bonds. The van der Waals surface area contributed by atoms with Crippen molar-refractivity contribution in [3.8, 4) is 0 Å². The number of benzene rings is 2. The smallest absolute Gasteiger partial charge is 0.408 e. The standard InChI is InChI=1S/C31H47N3O5/c1-8-9-18-33-20-24-22-15-11-10-14-21(22)19-23(26(24)28(36)38-30(2,3)4)27(35)25(16-12-13-17-32)34-29(37)39-31(5,6)7/h10-11,14-15,19,25,33H,8-9,12-13,16-18,20,32H2,1-7H3,(H,34,37)/t25-/m0/s1. The fourth-order valence-corrected chi connectivity index (χ4v) is 4.28. The van der Waals surface area contributed by atoms with E-state index in [1.807, 2.05) is 24.3 Å². The van der Waals surface area contributed by atoms with Gasteiger partial charge >= 0.3 is 12.1 Å². The van der Waals surface area contributed by atoms with Crippen molar-refractivity contribution in [3.05, 3.63) is 47.0 Å². The third-order valence-corrected chi connectivity index (χ3v) is 5.99. The number of unbranched alkanes of at least 4 members (excludes halogenated alkanes) is 2. The number of esters is 1. The van der Waals surface area contributed by atoms with Crippen LogP contribution in [-0.4, -0.2) is 48.2 Å². The first-order chi connectivity index (χ1) is 18.3. The minimum absolute atomic E-state index is 0.226. The maximum atomic E-state index is 14.2. The van der Waals surface area contributed by atoms with Gasteiger partial charge in [0.25, 0.3) is 0 Å². The lowest BCUT2D eigenvalue weighted by Crippen LogP contribution is -2.44. The van der Waals surface area contributed by atoms with E-state index in [1.54, 1.807) is 47.6 Å². The molecule has 0 aliphatic rings. The Hall–Kier alpha value is -2.97. The highest BCUT2D eigenvalue weighted by molar-refractivity contribution is 6.13. The summed E-state index contributed by atoms with van der Waals surface area (Å²) in [6, 6.07) is 8.53. The predicted molar refractivity (Wildman–Crippen MR) is 156 cm³/mol. The number of amides is 1. The number of carbonyl (C=O) groups is 3. The van der Waals surface area contributed by atoms with Gasteiger partial charge in [-0.15, -0.1) is 0 Å². The molecule has 0 unspecified atom stereocenters. The highest BCUT2D eigenvalue weighted by Crippen LogP contribution is 2.30. The van der Waals surface area contributed by atoms with Crippen LogP contribution >= 0.6 is 0 Å². The zero-order chi connectivity index (χ0) is 29.2. The lowest BCUT2D eigenvalue weighted by molar-refractivity contribution is 0.00664. The molecule has 2 aromatic rings. The van der Waals surface area contributed by atoms with Crippen LogP contribution in [0.3, 0.4) is 0 Å². The Morgan fingerprint density at radius 3 is 2.23 bits per heavy atom. The number of fused-ring (bicyclic) bond motifs is 1. The normalized spacial score (nSPS) is 12.7. The molecule has 0 spiro atoms. The first-order valence-electron chi connectivity index (χ1n) is 14.0. The molecule has 0 bridgehead atoms.